The zero-order valence-corrected chi connectivity index (χ0v) is 11.2. The first-order valence-electron chi connectivity index (χ1n) is 5.38. The zero-order chi connectivity index (χ0) is 13.3. The summed E-state index contributed by atoms with van der Waals surface area (Å²) in [5, 5.41) is 10.1. The highest BCUT2D eigenvalue weighted by atomic mass is 79.9. The molecule has 2 N–H and O–H groups in total. The topological polar surface area (TPSA) is 75.1 Å². The maximum Gasteiger partial charge on any atom is 0.335 e. The Hall–Kier alpha value is -1.82. The van der Waals surface area contributed by atoms with Crippen molar-refractivity contribution in [2.24, 2.45) is 0 Å². The molecule has 2 aromatic rings. The van der Waals surface area contributed by atoms with Crippen LogP contribution in [0.2, 0.25) is 0 Å². The Labute approximate surface area is 111 Å². The summed E-state index contributed by atoms with van der Waals surface area (Å²) in [4.78, 5) is 25.5. The number of hydrogen-bond acceptors (Lipinski definition) is 3. The quantitative estimate of drug-likeness (QED) is 0.884. The second-order valence-corrected chi connectivity index (χ2v) is 4.56. The van der Waals surface area contributed by atoms with Gasteiger partial charge in [0.05, 0.1) is 11.3 Å². The molecule has 18 heavy (non-hydrogen) atoms. The molecule has 0 atom stereocenters. The van der Waals surface area contributed by atoms with Crippen LogP contribution in [-0.4, -0.2) is 14.7 Å². The van der Waals surface area contributed by atoms with Crippen LogP contribution in [-0.2, 0) is 6.42 Å². The average molecular weight is 311 g/mol. The molecule has 0 unspecified atom stereocenters. The van der Waals surface area contributed by atoms with Gasteiger partial charge in [0.25, 0.3) is 5.56 Å². The Morgan fingerprint density at radius 3 is 2.61 bits per heavy atom. The predicted molar refractivity (Wildman–Crippen MR) is 71.4 cm³/mol. The largest absolute Gasteiger partial charge is 0.494 e. The molecule has 0 saturated heterocycles. The van der Waals surface area contributed by atoms with Crippen LogP contribution in [0.3, 0.4) is 0 Å². The maximum absolute atomic E-state index is 11.8. The average Bonchev–Trinajstić information content (AvgIpc) is 2.31. The van der Waals surface area contributed by atoms with Gasteiger partial charge in [0.2, 0.25) is 5.88 Å². The number of benzene rings is 1. The molecule has 0 saturated carbocycles. The predicted octanol–water partition coefficient (Wildman–Crippen LogP) is 1.56. The summed E-state index contributed by atoms with van der Waals surface area (Å²) in [5.74, 6) is -0.321. The fraction of sp³-hybridized carbons (Fsp3) is 0.167. The van der Waals surface area contributed by atoms with Crippen LogP contribution >= 0.6 is 15.9 Å². The Kier molecular flexibility index (Phi) is 3.38. The first-order valence-corrected chi connectivity index (χ1v) is 6.17. The highest BCUT2D eigenvalue weighted by Gasteiger charge is 2.15. The summed E-state index contributed by atoms with van der Waals surface area (Å²) >= 11 is 3.30. The van der Waals surface area contributed by atoms with Crippen molar-refractivity contribution >= 4 is 15.9 Å². The fourth-order valence-electron chi connectivity index (χ4n) is 1.74. The van der Waals surface area contributed by atoms with Gasteiger partial charge >= 0.3 is 5.69 Å². The van der Waals surface area contributed by atoms with E-state index in [-0.39, 0.29) is 11.4 Å². The number of hydrogen-bond donors (Lipinski definition) is 2. The highest BCUT2D eigenvalue weighted by Crippen LogP contribution is 2.23. The third kappa shape index (κ3) is 1.99. The monoisotopic (exact) mass is 310 g/mol. The second-order valence-electron chi connectivity index (χ2n) is 3.70. The van der Waals surface area contributed by atoms with Gasteiger partial charge in [-0.3, -0.25) is 9.78 Å². The summed E-state index contributed by atoms with van der Waals surface area (Å²) in [7, 11) is 0. The smallest absolute Gasteiger partial charge is 0.335 e. The lowest BCUT2D eigenvalue weighted by Crippen LogP contribution is -2.31. The molecule has 1 aromatic heterocycles. The van der Waals surface area contributed by atoms with E-state index in [1.165, 1.54) is 0 Å². The number of nitrogens with zero attached hydrogens (tertiary/aromatic N) is 1. The summed E-state index contributed by atoms with van der Waals surface area (Å²) in [6, 6.07) is 6.95. The number of aromatic hydroxyl groups is 1. The van der Waals surface area contributed by atoms with Crippen LogP contribution in [0.4, 0.5) is 0 Å². The number of H-pyrrole nitrogens is 1. The van der Waals surface area contributed by atoms with E-state index in [0.717, 1.165) is 4.57 Å². The van der Waals surface area contributed by atoms with E-state index in [4.69, 9.17) is 0 Å². The van der Waals surface area contributed by atoms with Crippen LogP contribution in [0.5, 0.6) is 5.88 Å². The van der Waals surface area contributed by atoms with Gasteiger partial charge in [0.15, 0.2) is 0 Å². The summed E-state index contributed by atoms with van der Waals surface area (Å²) in [5.41, 5.74) is -0.554. The zero-order valence-electron chi connectivity index (χ0n) is 9.61. The minimum atomic E-state index is -0.665. The van der Waals surface area contributed by atoms with Gasteiger partial charge in [0.1, 0.15) is 0 Å². The lowest BCUT2D eigenvalue weighted by atomic mass is 10.2. The molecule has 0 radical (unpaired) electrons. The van der Waals surface area contributed by atoms with Crippen molar-refractivity contribution in [1.82, 2.24) is 9.55 Å². The number of rotatable bonds is 2. The van der Waals surface area contributed by atoms with Crippen molar-refractivity contribution in [3.05, 3.63) is 55.1 Å². The molecule has 0 amide bonds. The molecule has 0 aliphatic rings. The van der Waals surface area contributed by atoms with E-state index < -0.39 is 11.2 Å². The molecule has 2 rings (SSSR count). The van der Waals surface area contributed by atoms with Crippen molar-refractivity contribution < 1.29 is 5.11 Å². The van der Waals surface area contributed by atoms with Crippen molar-refractivity contribution in [2.75, 3.05) is 0 Å². The molecule has 1 heterocycles. The van der Waals surface area contributed by atoms with Crippen LogP contribution in [0.25, 0.3) is 5.69 Å². The Bertz CT molecular complexity index is 703. The van der Waals surface area contributed by atoms with E-state index in [1.54, 1.807) is 31.2 Å². The Balaban J connectivity index is 2.85. The lowest BCUT2D eigenvalue weighted by molar-refractivity contribution is 0.423. The first kappa shape index (κ1) is 12.6. The molecular weight excluding hydrogens is 300 g/mol. The van der Waals surface area contributed by atoms with E-state index in [9.17, 15) is 14.7 Å². The number of halogens is 1. The Morgan fingerprint density at radius 1 is 1.33 bits per heavy atom. The molecule has 0 aliphatic carbocycles. The SMILES string of the molecule is CCc1c(O)n(-c2ccccc2Br)c(=O)[nH]c1=O. The second kappa shape index (κ2) is 4.81. The van der Waals surface area contributed by atoms with Gasteiger partial charge in [-0.25, -0.2) is 9.36 Å². The molecule has 94 valence electrons. The van der Waals surface area contributed by atoms with Gasteiger partial charge in [-0.2, -0.15) is 0 Å². The van der Waals surface area contributed by atoms with Gasteiger partial charge in [-0.1, -0.05) is 19.1 Å². The first-order chi connectivity index (χ1) is 8.56. The lowest BCUT2D eigenvalue weighted by Gasteiger charge is -2.11. The van der Waals surface area contributed by atoms with E-state index in [1.807, 2.05) is 0 Å². The van der Waals surface area contributed by atoms with Crippen LogP contribution in [0.1, 0.15) is 12.5 Å². The van der Waals surface area contributed by atoms with Gasteiger partial charge in [-0.05, 0) is 34.5 Å². The van der Waals surface area contributed by atoms with E-state index >= 15 is 0 Å². The molecule has 0 fully saturated rings. The summed E-state index contributed by atoms with van der Waals surface area (Å²) < 4.78 is 1.72. The Morgan fingerprint density at radius 2 is 2.00 bits per heavy atom. The molecular formula is C12H11BrN2O3. The summed E-state index contributed by atoms with van der Waals surface area (Å²) in [6.45, 7) is 1.74. The number of aromatic nitrogens is 2. The highest BCUT2D eigenvalue weighted by molar-refractivity contribution is 9.10. The normalized spacial score (nSPS) is 10.6. The van der Waals surface area contributed by atoms with Gasteiger partial charge in [-0.15, -0.1) is 0 Å². The van der Waals surface area contributed by atoms with E-state index in [2.05, 4.69) is 20.9 Å². The molecule has 0 bridgehead atoms. The van der Waals surface area contributed by atoms with Gasteiger partial charge < -0.3 is 5.11 Å². The van der Waals surface area contributed by atoms with Gasteiger partial charge in [0, 0.05) is 4.47 Å². The van der Waals surface area contributed by atoms with Crippen molar-refractivity contribution in [3.63, 3.8) is 0 Å². The molecule has 0 aliphatic heterocycles. The van der Waals surface area contributed by atoms with Crippen LogP contribution in [0, 0.1) is 0 Å². The van der Waals surface area contributed by atoms with E-state index in [0.29, 0.717) is 16.6 Å². The molecule has 0 spiro atoms. The number of para-hydroxylation sites is 1. The molecule has 5 nitrogen and oxygen atoms in total. The third-order valence-corrected chi connectivity index (χ3v) is 3.30. The number of nitrogens with one attached hydrogen (secondary N) is 1. The fourth-order valence-corrected chi connectivity index (χ4v) is 2.20. The van der Waals surface area contributed by atoms with Crippen LogP contribution < -0.4 is 11.2 Å². The standard InChI is InChI=1S/C12H11BrN2O3/c1-2-7-10(16)14-12(18)15(11(7)17)9-6-4-3-5-8(9)13/h3-6,17H,2H2,1H3,(H,14,16,18). The van der Waals surface area contributed by atoms with Crippen molar-refractivity contribution in [1.29, 1.82) is 0 Å². The van der Waals surface area contributed by atoms with Crippen molar-refractivity contribution in [3.8, 4) is 11.6 Å². The van der Waals surface area contributed by atoms with Crippen molar-refractivity contribution in [2.45, 2.75) is 13.3 Å². The molecule has 1 aromatic carbocycles. The summed E-state index contributed by atoms with van der Waals surface area (Å²) in [6.07, 6.45) is 0.339. The molecule has 6 heteroatoms. The maximum atomic E-state index is 11.8. The third-order valence-electron chi connectivity index (χ3n) is 2.63. The number of aromatic amines is 1. The minimum Gasteiger partial charge on any atom is -0.494 e. The van der Waals surface area contributed by atoms with Crippen LogP contribution in [0.15, 0.2) is 38.3 Å². The minimum absolute atomic E-state index is 0.186.